The maximum atomic E-state index is 11.9. The molecule has 0 aliphatic rings. The lowest BCUT2D eigenvalue weighted by Gasteiger charge is -2.10. The molecule has 6 heteroatoms. The van der Waals surface area contributed by atoms with E-state index < -0.39 is 12.6 Å². The molecule has 0 atom stereocenters. The van der Waals surface area contributed by atoms with Crippen LogP contribution in [0.2, 0.25) is 0 Å². The summed E-state index contributed by atoms with van der Waals surface area (Å²) in [5.41, 5.74) is 0.807. The van der Waals surface area contributed by atoms with Crippen LogP contribution in [0, 0.1) is 0 Å². The minimum absolute atomic E-state index is 0.0214. The highest BCUT2D eigenvalue weighted by Crippen LogP contribution is 2.21. The molecule has 0 fully saturated rings. The Labute approximate surface area is 111 Å². The van der Waals surface area contributed by atoms with Gasteiger partial charge in [0.1, 0.15) is 0 Å². The van der Waals surface area contributed by atoms with Crippen LogP contribution in [0.15, 0.2) is 18.2 Å². The zero-order valence-corrected chi connectivity index (χ0v) is 11.1. The molecule has 0 saturated heterocycles. The number of pyridine rings is 1. The molecule has 1 aromatic heterocycles. The zero-order chi connectivity index (χ0) is 14.3. The maximum Gasteiger partial charge on any atom is 0.389 e. The van der Waals surface area contributed by atoms with Crippen molar-refractivity contribution in [3.63, 3.8) is 0 Å². The first-order valence-corrected chi connectivity index (χ1v) is 6.26. The molecular weight excluding hydrogens is 257 g/mol. The van der Waals surface area contributed by atoms with Crippen LogP contribution in [0.25, 0.3) is 0 Å². The molecule has 1 rings (SSSR count). The van der Waals surface area contributed by atoms with E-state index in [2.05, 4.69) is 10.3 Å². The molecule has 0 bridgehead atoms. The van der Waals surface area contributed by atoms with Crippen LogP contribution >= 0.6 is 0 Å². The molecule has 3 nitrogen and oxygen atoms in total. The van der Waals surface area contributed by atoms with E-state index in [1.165, 1.54) is 0 Å². The second-order valence-electron chi connectivity index (χ2n) is 4.57. The van der Waals surface area contributed by atoms with Crippen LogP contribution in [-0.4, -0.2) is 23.8 Å². The van der Waals surface area contributed by atoms with Crippen LogP contribution < -0.4 is 10.1 Å². The van der Waals surface area contributed by atoms with Gasteiger partial charge in [0.15, 0.2) is 0 Å². The normalized spacial score (nSPS) is 11.9. The van der Waals surface area contributed by atoms with Gasteiger partial charge in [-0.1, -0.05) is 19.9 Å². The Hall–Kier alpha value is -1.30. The second kappa shape index (κ2) is 7.33. The number of hydrogen-bond acceptors (Lipinski definition) is 3. The van der Waals surface area contributed by atoms with Gasteiger partial charge in [0.2, 0.25) is 5.88 Å². The van der Waals surface area contributed by atoms with Crippen molar-refractivity contribution in [2.45, 2.75) is 45.5 Å². The number of alkyl halides is 3. The molecule has 0 unspecified atom stereocenters. The van der Waals surface area contributed by atoms with Crippen molar-refractivity contribution in [3.05, 3.63) is 23.9 Å². The van der Waals surface area contributed by atoms with Gasteiger partial charge >= 0.3 is 6.18 Å². The Morgan fingerprint density at radius 1 is 1.32 bits per heavy atom. The van der Waals surface area contributed by atoms with Crippen molar-refractivity contribution in [1.82, 2.24) is 10.3 Å². The molecule has 1 aromatic rings. The predicted molar refractivity (Wildman–Crippen MR) is 67.0 cm³/mol. The van der Waals surface area contributed by atoms with Crippen molar-refractivity contribution in [2.24, 2.45) is 0 Å². The van der Waals surface area contributed by atoms with Crippen LogP contribution in [0.3, 0.4) is 0 Å². The van der Waals surface area contributed by atoms with Gasteiger partial charge in [-0.3, -0.25) is 0 Å². The number of aromatic nitrogens is 1. The molecule has 0 spiro atoms. The van der Waals surface area contributed by atoms with Crippen LogP contribution in [0.1, 0.15) is 32.4 Å². The highest BCUT2D eigenvalue weighted by atomic mass is 19.4. The Bertz CT molecular complexity index is 380. The molecule has 19 heavy (non-hydrogen) atoms. The summed E-state index contributed by atoms with van der Waals surface area (Å²) < 4.78 is 41.0. The third-order valence-corrected chi connectivity index (χ3v) is 2.33. The Balaban J connectivity index is 2.35. The summed E-state index contributed by atoms with van der Waals surface area (Å²) >= 11 is 0. The van der Waals surface area contributed by atoms with Gasteiger partial charge in [-0.15, -0.1) is 0 Å². The molecule has 108 valence electrons. The molecule has 0 aromatic carbocycles. The fourth-order valence-corrected chi connectivity index (χ4v) is 1.39. The predicted octanol–water partition coefficient (Wildman–Crippen LogP) is 3.30. The summed E-state index contributed by atoms with van der Waals surface area (Å²) in [4.78, 5) is 4.21. The quantitative estimate of drug-likeness (QED) is 0.776. The van der Waals surface area contributed by atoms with E-state index in [0.29, 0.717) is 18.5 Å². The molecule has 0 aliphatic heterocycles. The Kier molecular flexibility index (Phi) is 6.08. The molecular formula is C13H19F3N2O. The van der Waals surface area contributed by atoms with Gasteiger partial charge in [-0.05, 0) is 12.5 Å². The monoisotopic (exact) mass is 276 g/mol. The first kappa shape index (κ1) is 15.8. The van der Waals surface area contributed by atoms with Crippen molar-refractivity contribution >= 4 is 0 Å². The van der Waals surface area contributed by atoms with E-state index >= 15 is 0 Å². The SMILES string of the molecule is CC(C)NCc1cccc(OCCCC(F)(F)F)n1. The van der Waals surface area contributed by atoms with E-state index in [4.69, 9.17) is 4.74 Å². The van der Waals surface area contributed by atoms with E-state index in [1.54, 1.807) is 12.1 Å². The molecule has 0 saturated carbocycles. The average molecular weight is 276 g/mol. The lowest BCUT2D eigenvalue weighted by molar-refractivity contribution is -0.136. The van der Waals surface area contributed by atoms with Gasteiger partial charge in [-0.2, -0.15) is 13.2 Å². The maximum absolute atomic E-state index is 11.9. The molecule has 1 N–H and O–H groups in total. The smallest absolute Gasteiger partial charge is 0.389 e. The number of halogens is 3. The third kappa shape index (κ3) is 7.66. The Morgan fingerprint density at radius 2 is 2.05 bits per heavy atom. The van der Waals surface area contributed by atoms with Crippen LogP contribution in [0.4, 0.5) is 13.2 Å². The number of ether oxygens (including phenoxy) is 1. The van der Waals surface area contributed by atoms with Crippen molar-refractivity contribution in [3.8, 4) is 5.88 Å². The summed E-state index contributed by atoms with van der Waals surface area (Å²) in [6.45, 7) is 4.68. The minimum atomic E-state index is -4.13. The lowest BCUT2D eigenvalue weighted by Crippen LogP contribution is -2.22. The number of hydrogen-bond donors (Lipinski definition) is 1. The fourth-order valence-electron chi connectivity index (χ4n) is 1.39. The van der Waals surface area contributed by atoms with Gasteiger partial charge in [0.05, 0.1) is 12.3 Å². The van der Waals surface area contributed by atoms with E-state index in [1.807, 2.05) is 19.9 Å². The van der Waals surface area contributed by atoms with E-state index in [-0.39, 0.29) is 13.0 Å². The minimum Gasteiger partial charge on any atom is -0.478 e. The number of nitrogens with one attached hydrogen (secondary N) is 1. The van der Waals surface area contributed by atoms with Gasteiger partial charge < -0.3 is 10.1 Å². The summed E-state index contributed by atoms with van der Waals surface area (Å²) in [5.74, 6) is 0.366. The van der Waals surface area contributed by atoms with Crippen LogP contribution in [0.5, 0.6) is 5.88 Å². The standard InChI is InChI=1S/C13H19F3N2O/c1-10(2)17-9-11-5-3-6-12(18-11)19-8-4-7-13(14,15)16/h3,5-6,10,17H,4,7-9H2,1-2H3. The zero-order valence-electron chi connectivity index (χ0n) is 11.1. The fraction of sp³-hybridized carbons (Fsp3) is 0.615. The van der Waals surface area contributed by atoms with Gasteiger partial charge in [-0.25, -0.2) is 4.98 Å². The highest BCUT2D eigenvalue weighted by molar-refractivity contribution is 5.15. The molecule has 1 heterocycles. The molecule has 0 aliphatic carbocycles. The third-order valence-electron chi connectivity index (χ3n) is 2.33. The largest absolute Gasteiger partial charge is 0.478 e. The number of rotatable bonds is 7. The van der Waals surface area contributed by atoms with E-state index in [9.17, 15) is 13.2 Å². The van der Waals surface area contributed by atoms with Gasteiger partial charge in [0.25, 0.3) is 0 Å². The molecule has 0 radical (unpaired) electrons. The highest BCUT2D eigenvalue weighted by Gasteiger charge is 2.26. The Morgan fingerprint density at radius 3 is 2.68 bits per heavy atom. The van der Waals surface area contributed by atoms with Crippen molar-refractivity contribution < 1.29 is 17.9 Å². The average Bonchev–Trinajstić information content (AvgIpc) is 2.32. The second-order valence-corrected chi connectivity index (χ2v) is 4.57. The van der Waals surface area contributed by atoms with E-state index in [0.717, 1.165) is 5.69 Å². The van der Waals surface area contributed by atoms with Crippen molar-refractivity contribution in [1.29, 1.82) is 0 Å². The summed E-state index contributed by atoms with van der Waals surface area (Å²) in [6, 6.07) is 5.62. The topological polar surface area (TPSA) is 34.1 Å². The van der Waals surface area contributed by atoms with Crippen LogP contribution in [-0.2, 0) is 6.54 Å². The first-order valence-electron chi connectivity index (χ1n) is 6.26. The van der Waals surface area contributed by atoms with Gasteiger partial charge in [0, 0.05) is 25.1 Å². The number of nitrogens with zero attached hydrogens (tertiary/aromatic N) is 1. The summed E-state index contributed by atoms with van der Waals surface area (Å²) in [5, 5.41) is 3.21. The molecule has 0 amide bonds. The lowest BCUT2D eigenvalue weighted by atomic mass is 10.3. The summed E-state index contributed by atoms with van der Waals surface area (Å²) in [7, 11) is 0. The first-order chi connectivity index (χ1) is 8.87. The van der Waals surface area contributed by atoms with Crippen molar-refractivity contribution in [2.75, 3.05) is 6.61 Å². The summed E-state index contributed by atoms with van der Waals surface area (Å²) in [6.07, 6.45) is -5.01.